The molecular weight excluding hydrogens is 312 g/mol. The van der Waals surface area contributed by atoms with E-state index in [2.05, 4.69) is 21.1 Å². The van der Waals surface area contributed by atoms with E-state index in [0.29, 0.717) is 5.39 Å². The number of aryl methyl sites for hydroxylation is 1. The molecule has 2 aromatic carbocycles. The first-order chi connectivity index (χ1) is 12.2. The van der Waals surface area contributed by atoms with Gasteiger partial charge < -0.3 is 4.98 Å². The summed E-state index contributed by atoms with van der Waals surface area (Å²) in [6, 6.07) is 15.9. The van der Waals surface area contributed by atoms with Crippen LogP contribution in [-0.2, 0) is 0 Å². The molecular formula is C20H14N4O. The predicted molar refractivity (Wildman–Crippen MR) is 99.2 cm³/mol. The van der Waals surface area contributed by atoms with Crippen LogP contribution in [0.3, 0.4) is 0 Å². The normalized spacial score (nSPS) is 11.6. The lowest BCUT2D eigenvalue weighted by molar-refractivity contribution is 0.897. The molecule has 0 saturated heterocycles. The average Bonchev–Trinajstić information content (AvgIpc) is 3.07. The van der Waals surface area contributed by atoms with Gasteiger partial charge in [0.2, 0.25) is 0 Å². The molecule has 1 N–H and O–H groups in total. The summed E-state index contributed by atoms with van der Waals surface area (Å²) >= 11 is 0. The van der Waals surface area contributed by atoms with Gasteiger partial charge >= 0.3 is 0 Å². The second-order valence-corrected chi connectivity index (χ2v) is 6.18. The van der Waals surface area contributed by atoms with Gasteiger partial charge in [-0.25, -0.2) is 9.67 Å². The van der Waals surface area contributed by atoms with E-state index >= 15 is 0 Å². The lowest BCUT2D eigenvalue weighted by Crippen LogP contribution is -2.07. The summed E-state index contributed by atoms with van der Waals surface area (Å²) in [4.78, 5) is 19.9. The molecule has 3 heterocycles. The fraction of sp³-hybridized carbons (Fsp3) is 0.0500. The number of nitrogens with zero attached hydrogens (tertiary/aromatic N) is 3. The van der Waals surface area contributed by atoms with Gasteiger partial charge in [-0.15, -0.1) is 0 Å². The highest BCUT2D eigenvalue weighted by Gasteiger charge is 2.14. The highest BCUT2D eigenvalue weighted by atomic mass is 16.1. The standard InChI is InChI=1S/C20H14N4O/c1-12-7-8-17-14(9-12)18-15-11-22-24(13-5-3-2-4-6-13)19(15)21-10-16(18)20(25)23-17/h2-11H,1H3,(H,23,25). The van der Waals surface area contributed by atoms with E-state index in [1.165, 1.54) is 0 Å². The van der Waals surface area contributed by atoms with E-state index in [1.54, 1.807) is 17.1 Å². The van der Waals surface area contributed by atoms with Gasteiger partial charge in [0.1, 0.15) is 0 Å². The Morgan fingerprint density at radius 1 is 0.960 bits per heavy atom. The van der Waals surface area contributed by atoms with E-state index in [-0.39, 0.29) is 5.56 Å². The molecule has 120 valence electrons. The van der Waals surface area contributed by atoms with Crippen LogP contribution in [0.4, 0.5) is 0 Å². The Morgan fingerprint density at radius 3 is 2.64 bits per heavy atom. The van der Waals surface area contributed by atoms with Crippen LogP contribution in [0.1, 0.15) is 5.56 Å². The molecule has 0 aliphatic carbocycles. The average molecular weight is 326 g/mol. The number of hydrogen-bond donors (Lipinski definition) is 1. The van der Waals surface area contributed by atoms with E-state index in [9.17, 15) is 4.79 Å². The van der Waals surface area contributed by atoms with Gasteiger partial charge in [0, 0.05) is 27.9 Å². The molecule has 0 bridgehead atoms. The number of fused-ring (bicyclic) bond motifs is 5. The largest absolute Gasteiger partial charge is 0.321 e. The summed E-state index contributed by atoms with van der Waals surface area (Å²) in [5, 5.41) is 7.88. The zero-order chi connectivity index (χ0) is 17.0. The zero-order valence-electron chi connectivity index (χ0n) is 13.5. The van der Waals surface area contributed by atoms with Crippen LogP contribution in [0.25, 0.3) is 38.4 Å². The third-order valence-electron chi connectivity index (χ3n) is 4.54. The molecule has 0 fully saturated rings. The molecule has 5 heteroatoms. The van der Waals surface area contributed by atoms with Crippen molar-refractivity contribution in [2.24, 2.45) is 0 Å². The first-order valence-electron chi connectivity index (χ1n) is 8.07. The maximum absolute atomic E-state index is 12.5. The topological polar surface area (TPSA) is 63.6 Å². The van der Waals surface area contributed by atoms with Crippen molar-refractivity contribution in [3.8, 4) is 5.69 Å². The molecule has 0 saturated carbocycles. The SMILES string of the molecule is Cc1ccc2[nH]c(=O)c3cnc4c(cnn4-c4ccccc4)c3c2c1. The second-order valence-electron chi connectivity index (χ2n) is 6.18. The maximum Gasteiger partial charge on any atom is 0.257 e. The predicted octanol–water partition coefficient (Wildman–Crippen LogP) is 3.72. The van der Waals surface area contributed by atoms with E-state index in [0.717, 1.165) is 38.6 Å². The number of hydrogen-bond acceptors (Lipinski definition) is 3. The molecule has 0 aliphatic rings. The van der Waals surface area contributed by atoms with Crippen LogP contribution >= 0.6 is 0 Å². The molecule has 3 aromatic heterocycles. The molecule has 0 aliphatic heterocycles. The molecule has 5 rings (SSSR count). The number of aromatic nitrogens is 4. The summed E-state index contributed by atoms with van der Waals surface area (Å²) in [5.41, 5.74) is 3.51. The molecule has 5 aromatic rings. The Morgan fingerprint density at radius 2 is 1.80 bits per heavy atom. The third-order valence-corrected chi connectivity index (χ3v) is 4.54. The highest BCUT2D eigenvalue weighted by molar-refractivity contribution is 6.17. The smallest absolute Gasteiger partial charge is 0.257 e. The molecule has 5 nitrogen and oxygen atoms in total. The van der Waals surface area contributed by atoms with Gasteiger partial charge in [-0.3, -0.25) is 4.79 Å². The number of aromatic amines is 1. The Kier molecular flexibility index (Phi) is 2.79. The van der Waals surface area contributed by atoms with Crippen LogP contribution < -0.4 is 5.56 Å². The van der Waals surface area contributed by atoms with Crippen molar-refractivity contribution in [1.29, 1.82) is 0 Å². The van der Waals surface area contributed by atoms with Crippen LogP contribution in [0.5, 0.6) is 0 Å². The first-order valence-corrected chi connectivity index (χ1v) is 8.07. The van der Waals surface area contributed by atoms with E-state index in [1.807, 2.05) is 49.4 Å². The molecule has 25 heavy (non-hydrogen) atoms. The summed E-state index contributed by atoms with van der Waals surface area (Å²) in [5.74, 6) is 0. The Balaban J connectivity index is 1.98. The van der Waals surface area contributed by atoms with Crippen LogP contribution in [0.2, 0.25) is 0 Å². The van der Waals surface area contributed by atoms with Gasteiger partial charge in [0.15, 0.2) is 5.65 Å². The lowest BCUT2D eigenvalue weighted by atomic mass is 10.0. The highest BCUT2D eigenvalue weighted by Crippen LogP contribution is 2.29. The van der Waals surface area contributed by atoms with Crippen molar-refractivity contribution in [3.63, 3.8) is 0 Å². The monoisotopic (exact) mass is 326 g/mol. The van der Waals surface area contributed by atoms with Gasteiger partial charge in [-0.2, -0.15) is 5.10 Å². The van der Waals surface area contributed by atoms with E-state index < -0.39 is 0 Å². The minimum absolute atomic E-state index is 0.131. The van der Waals surface area contributed by atoms with Crippen molar-refractivity contribution < 1.29 is 0 Å². The quantitative estimate of drug-likeness (QED) is 0.477. The molecule has 0 unspecified atom stereocenters. The number of rotatable bonds is 1. The number of nitrogens with one attached hydrogen (secondary N) is 1. The van der Waals surface area contributed by atoms with Gasteiger partial charge in [0.25, 0.3) is 5.56 Å². The van der Waals surface area contributed by atoms with Crippen LogP contribution in [0.15, 0.2) is 65.7 Å². The van der Waals surface area contributed by atoms with Gasteiger partial charge in [-0.05, 0) is 31.2 Å². The van der Waals surface area contributed by atoms with Crippen molar-refractivity contribution in [1.82, 2.24) is 19.7 Å². The minimum atomic E-state index is -0.131. The van der Waals surface area contributed by atoms with Crippen molar-refractivity contribution in [3.05, 3.63) is 76.8 Å². The number of H-pyrrole nitrogens is 1. The Hall–Kier alpha value is -3.47. The summed E-state index contributed by atoms with van der Waals surface area (Å²) < 4.78 is 1.80. The number of para-hydroxylation sites is 1. The first kappa shape index (κ1) is 13.9. The Labute approximate surface area is 142 Å². The molecule has 0 amide bonds. The van der Waals surface area contributed by atoms with Crippen molar-refractivity contribution in [2.45, 2.75) is 6.92 Å². The fourth-order valence-electron chi connectivity index (χ4n) is 3.36. The maximum atomic E-state index is 12.5. The Bertz CT molecular complexity index is 1320. The molecule has 0 spiro atoms. The van der Waals surface area contributed by atoms with E-state index in [4.69, 9.17) is 0 Å². The molecule has 0 radical (unpaired) electrons. The lowest BCUT2D eigenvalue weighted by Gasteiger charge is -2.07. The van der Waals surface area contributed by atoms with Crippen molar-refractivity contribution in [2.75, 3.05) is 0 Å². The number of pyridine rings is 2. The van der Waals surface area contributed by atoms with Gasteiger partial charge in [0.05, 0.1) is 17.3 Å². The van der Waals surface area contributed by atoms with Gasteiger partial charge in [-0.1, -0.05) is 29.8 Å². The zero-order valence-corrected chi connectivity index (χ0v) is 13.5. The van der Waals surface area contributed by atoms with Crippen LogP contribution in [-0.4, -0.2) is 19.7 Å². The summed E-state index contributed by atoms with van der Waals surface area (Å²) in [6.07, 6.45) is 3.43. The summed E-state index contributed by atoms with van der Waals surface area (Å²) in [7, 11) is 0. The second kappa shape index (κ2) is 5.01. The number of benzene rings is 2. The third kappa shape index (κ3) is 1.99. The van der Waals surface area contributed by atoms with Crippen molar-refractivity contribution >= 4 is 32.7 Å². The molecule has 0 atom stereocenters. The minimum Gasteiger partial charge on any atom is -0.321 e. The summed E-state index contributed by atoms with van der Waals surface area (Å²) in [6.45, 7) is 2.04. The fourth-order valence-corrected chi connectivity index (χ4v) is 3.36. The van der Waals surface area contributed by atoms with Crippen LogP contribution in [0, 0.1) is 6.92 Å².